The van der Waals surface area contributed by atoms with Gasteiger partial charge in [-0.3, -0.25) is 9.59 Å². The Morgan fingerprint density at radius 2 is 1.93 bits per heavy atom. The van der Waals surface area contributed by atoms with E-state index in [9.17, 15) is 14.0 Å². The number of nitrogens with zero attached hydrogens (tertiary/aromatic N) is 1. The Hall–Kier alpha value is -2.73. The number of rotatable bonds is 8. The van der Waals surface area contributed by atoms with Crippen LogP contribution in [-0.2, 0) is 11.3 Å². The first-order valence-electron chi connectivity index (χ1n) is 9.39. The molecule has 0 unspecified atom stereocenters. The van der Waals surface area contributed by atoms with E-state index in [1.165, 1.54) is 17.0 Å². The van der Waals surface area contributed by atoms with E-state index >= 15 is 0 Å². The average molecular weight is 457 g/mol. The molecule has 0 bridgehead atoms. The molecule has 0 aliphatic heterocycles. The number of carbonyl (C=O) groups excluding carboxylic acids is 2. The van der Waals surface area contributed by atoms with Crippen LogP contribution >= 0.6 is 15.9 Å². The van der Waals surface area contributed by atoms with Gasteiger partial charge in [-0.05, 0) is 54.8 Å². The van der Waals surface area contributed by atoms with Crippen LogP contribution in [0.5, 0.6) is 0 Å². The van der Waals surface area contributed by atoms with Crippen molar-refractivity contribution >= 4 is 33.8 Å². The van der Waals surface area contributed by atoms with Gasteiger partial charge in [0, 0.05) is 40.8 Å². The predicted molar refractivity (Wildman–Crippen MR) is 116 cm³/mol. The van der Waals surface area contributed by atoms with Gasteiger partial charge >= 0.3 is 0 Å². The minimum Gasteiger partial charge on any atom is -0.349 e. The third-order valence-corrected chi connectivity index (χ3v) is 5.03. The maximum absolute atomic E-state index is 14.0. The lowest BCUT2D eigenvalue weighted by Gasteiger charge is -2.20. The summed E-state index contributed by atoms with van der Waals surface area (Å²) in [5.74, 6) is -0.689. The van der Waals surface area contributed by atoms with Crippen molar-refractivity contribution in [2.24, 2.45) is 0 Å². The van der Waals surface area contributed by atoms with Crippen molar-refractivity contribution in [3.63, 3.8) is 0 Å². The molecule has 0 spiro atoms. The first kappa shape index (κ1) is 21.0. The lowest BCUT2D eigenvalue weighted by Crippen LogP contribution is -2.29. The standard InChI is InChI=1S/C23H22BrFN2O2/c1-2-13-27(15-18-14-19(24)8-11-21(18)25)22(28)12-5-16-3-6-17(7-4-16)23(29)26-20-9-10-20/h2-8,11-12,14,20H,1,9-10,13,15H2,(H,26,29)/b12-5+. The summed E-state index contributed by atoms with van der Waals surface area (Å²) in [7, 11) is 0. The third-order valence-electron chi connectivity index (χ3n) is 4.53. The molecule has 0 heterocycles. The van der Waals surface area contributed by atoms with Crippen LogP contribution in [0.15, 0.2) is 65.7 Å². The molecule has 29 heavy (non-hydrogen) atoms. The zero-order chi connectivity index (χ0) is 20.8. The highest BCUT2D eigenvalue weighted by molar-refractivity contribution is 9.10. The molecule has 0 atom stereocenters. The summed E-state index contributed by atoms with van der Waals surface area (Å²) in [6.45, 7) is 4.12. The van der Waals surface area contributed by atoms with Crippen LogP contribution in [0.2, 0.25) is 0 Å². The van der Waals surface area contributed by atoms with Crippen molar-refractivity contribution in [1.29, 1.82) is 0 Å². The SMILES string of the molecule is C=CCN(Cc1cc(Br)ccc1F)C(=O)/C=C/c1ccc(C(=O)NC2CC2)cc1. The van der Waals surface area contributed by atoms with Crippen molar-refractivity contribution < 1.29 is 14.0 Å². The van der Waals surface area contributed by atoms with E-state index in [2.05, 4.69) is 27.8 Å². The fraction of sp³-hybridized carbons (Fsp3) is 0.217. The highest BCUT2D eigenvalue weighted by Crippen LogP contribution is 2.20. The molecule has 0 aromatic heterocycles. The second-order valence-electron chi connectivity index (χ2n) is 6.95. The van der Waals surface area contributed by atoms with Crippen LogP contribution in [-0.4, -0.2) is 29.3 Å². The number of nitrogens with one attached hydrogen (secondary N) is 1. The number of halogens is 2. The van der Waals surface area contributed by atoms with Gasteiger partial charge in [-0.1, -0.05) is 34.1 Å². The second-order valence-corrected chi connectivity index (χ2v) is 7.86. The minimum absolute atomic E-state index is 0.0766. The monoisotopic (exact) mass is 456 g/mol. The Bertz CT molecular complexity index is 936. The largest absolute Gasteiger partial charge is 0.349 e. The van der Waals surface area contributed by atoms with Crippen molar-refractivity contribution in [3.8, 4) is 0 Å². The molecule has 0 saturated heterocycles. The van der Waals surface area contributed by atoms with E-state index in [1.807, 2.05) is 0 Å². The topological polar surface area (TPSA) is 49.4 Å². The van der Waals surface area contributed by atoms with Crippen LogP contribution in [0.4, 0.5) is 4.39 Å². The van der Waals surface area contributed by atoms with Crippen LogP contribution in [0, 0.1) is 5.82 Å². The van der Waals surface area contributed by atoms with Gasteiger partial charge in [-0.25, -0.2) is 4.39 Å². The smallest absolute Gasteiger partial charge is 0.251 e. The molecule has 3 rings (SSSR count). The van der Waals surface area contributed by atoms with Crippen LogP contribution in [0.3, 0.4) is 0 Å². The summed E-state index contributed by atoms with van der Waals surface area (Å²) in [5, 5.41) is 2.94. The van der Waals surface area contributed by atoms with Gasteiger partial charge in [0.2, 0.25) is 5.91 Å². The molecule has 1 aliphatic carbocycles. The predicted octanol–water partition coefficient (Wildman–Crippen LogP) is 4.71. The first-order valence-corrected chi connectivity index (χ1v) is 10.2. The molecule has 1 aliphatic rings. The molecule has 2 aromatic rings. The van der Waals surface area contributed by atoms with Gasteiger partial charge in [0.25, 0.3) is 5.91 Å². The maximum Gasteiger partial charge on any atom is 0.251 e. The van der Waals surface area contributed by atoms with Crippen molar-refractivity contribution in [2.45, 2.75) is 25.4 Å². The summed E-state index contributed by atoms with van der Waals surface area (Å²) in [4.78, 5) is 26.1. The number of carbonyl (C=O) groups is 2. The van der Waals surface area contributed by atoms with E-state index in [4.69, 9.17) is 0 Å². The highest BCUT2D eigenvalue weighted by atomic mass is 79.9. The summed E-state index contributed by atoms with van der Waals surface area (Å²) in [6.07, 6.45) is 6.81. The Morgan fingerprint density at radius 1 is 1.21 bits per heavy atom. The maximum atomic E-state index is 14.0. The fourth-order valence-corrected chi connectivity index (χ4v) is 3.18. The molecule has 1 saturated carbocycles. The van der Waals surface area contributed by atoms with Gasteiger partial charge < -0.3 is 10.2 Å². The summed E-state index contributed by atoms with van der Waals surface area (Å²) < 4.78 is 14.8. The van der Waals surface area contributed by atoms with Gasteiger partial charge in [0.15, 0.2) is 0 Å². The molecule has 2 amide bonds. The van der Waals surface area contributed by atoms with Crippen LogP contribution < -0.4 is 5.32 Å². The quantitative estimate of drug-likeness (QED) is 0.461. The molecule has 4 nitrogen and oxygen atoms in total. The number of amides is 2. The summed E-state index contributed by atoms with van der Waals surface area (Å²) in [6, 6.07) is 12.0. The Labute approximate surface area is 178 Å². The normalized spacial score (nSPS) is 13.3. The van der Waals surface area contributed by atoms with E-state index in [0.29, 0.717) is 23.7 Å². The fourth-order valence-electron chi connectivity index (χ4n) is 2.77. The Balaban J connectivity index is 1.65. The second kappa shape index (κ2) is 9.65. The van der Waals surface area contributed by atoms with Crippen molar-refractivity contribution in [2.75, 3.05) is 6.54 Å². The van der Waals surface area contributed by atoms with E-state index < -0.39 is 0 Å². The summed E-state index contributed by atoms with van der Waals surface area (Å²) >= 11 is 3.32. The molecular weight excluding hydrogens is 435 g/mol. The van der Waals surface area contributed by atoms with Crippen molar-refractivity contribution in [3.05, 3.63) is 88.2 Å². The molecule has 150 valence electrons. The molecule has 1 fully saturated rings. The molecular formula is C23H22BrFN2O2. The Kier molecular flexibility index (Phi) is 6.99. The first-order chi connectivity index (χ1) is 14.0. The molecule has 6 heteroatoms. The average Bonchev–Trinajstić information content (AvgIpc) is 3.53. The van der Waals surface area contributed by atoms with E-state index in [1.54, 1.807) is 48.6 Å². The molecule has 1 N–H and O–H groups in total. The van der Waals surface area contributed by atoms with Gasteiger partial charge in [-0.15, -0.1) is 6.58 Å². The Morgan fingerprint density at radius 3 is 2.59 bits per heavy atom. The summed E-state index contributed by atoms with van der Waals surface area (Å²) in [5.41, 5.74) is 1.82. The van der Waals surface area contributed by atoms with E-state index in [0.717, 1.165) is 22.9 Å². The molecule has 2 aromatic carbocycles. The number of benzene rings is 2. The van der Waals surface area contributed by atoms with Crippen LogP contribution in [0.1, 0.15) is 34.3 Å². The zero-order valence-corrected chi connectivity index (χ0v) is 17.5. The molecule has 0 radical (unpaired) electrons. The van der Waals surface area contributed by atoms with Crippen LogP contribution in [0.25, 0.3) is 6.08 Å². The highest BCUT2D eigenvalue weighted by Gasteiger charge is 2.23. The number of hydrogen-bond donors (Lipinski definition) is 1. The van der Waals surface area contributed by atoms with E-state index in [-0.39, 0.29) is 24.2 Å². The lowest BCUT2D eigenvalue weighted by atomic mass is 10.1. The van der Waals surface area contributed by atoms with Gasteiger partial charge in [0.05, 0.1) is 0 Å². The van der Waals surface area contributed by atoms with Gasteiger partial charge in [-0.2, -0.15) is 0 Å². The lowest BCUT2D eigenvalue weighted by molar-refractivity contribution is -0.126. The zero-order valence-electron chi connectivity index (χ0n) is 15.9. The minimum atomic E-state index is -0.362. The van der Waals surface area contributed by atoms with Crippen molar-refractivity contribution in [1.82, 2.24) is 10.2 Å². The van der Waals surface area contributed by atoms with Gasteiger partial charge in [0.1, 0.15) is 5.82 Å². The number of hydrogen-bond acceptors (Lipinski definition) is 2. The third kappa shape index (κ3) is 6.12.